The molecule has 1 heteroatoms. The van der Waals surface area contributed by atoms with Crippen LogP contribution in [0.15, 0.2) is 182 Å². The Kier molecular flexibility index (Phi) is 9.75. The average Bonchev–Trinajstić information content (AvgIpc) is 3.28. The second-order valence-corrected chi connectivity index (χ2v) is 19.5. The predicted molar refractivity (Wildman–Crippen MR) is 268 cm³/mol. The molecule has 1 unspecified atom stereocenters. The summed E-state index contributed by atoms with van der Waals surface area (Å²) in [6, 6.07) is 68.3. The van der Waals surface area contributed by atoms with Gasteiger partial charge >= 0.3 is 0 Å². The average molecular weight is 802 g/mol. The zero-order valence-corrected chi connectivity index (χ0v) is 37.1. The molecule has 62 heavy (non-hydrogen) atoms. The molecular weight excluding hydrogens is 747 g/mol. The van der Waals surface area contributed by atoms with Crippen molar-refractivity contribution in [1.82, 2.24) is 0 Å². The lowest BCUT2D eigenvalue weighted by Gasteiger charge is -2.30. The van der Waals surface area contributed by atoms with Gasteiger partial charge in [-0.05, 0) is 124 Å². The number of hydrogen-bond donors (Lipinski definition) is 0. The van der Waals surface area contributed by atoms with E-state index in [9.17, 15) is 0 Å². The second kappa shape index (κ2) is 15.3. The molecule has 0 heterocycles. The highest BCUT2D eigenvalue weighted by Crippen LogP contribution is 2.47. The number of anilines is 3. The molecule has 0 bridgehead atoms. The van der Waals surface area contributed by atoms with Crippen molar-refractivity contribution in [2.24, 2.45) is 5.92 Å². The van der Waals surface area contributed by atoms with Crippen LogP contribution in [0.25, 0.3) is 66.2 Å². The fourth-order valence-corrected chi connectivity index (χ4v) is 9.78. The van der Waals surface area contributed by atoms with Crippen LogP contribution in [0, 0.1) is 5.92 Å². The molecule has 0 aromatic heterocycles. The molecule has 0 aliphatic heterocycles. The molecule has 1 atom stereocenters. The molecule has 1 aliphatic carbocycles. The van der Waals surface area contributed by atoms with E-state index in [4.69, 9.17) is 0 Å². The third kappa shape index (κ3) is 7.10. The number of hydrogen-bond acceptors (Lipinski definition) is 1. The van der Waals surface area contributed by atoms with Gasteiger partial charge in [-0.3, -0.25) is 0 Å². The molecule has 0 radical (unpaired) electrons. The molecule has 304 valence electrons. The summed E-state index contributed by atoms with van der Waals surface area (Å²) < 4.78 is 0. The van der Waals surface area contributed by atoms with E-state index in [2.05, 4.69) is 241 Å². The van der Waals surface area contributed by atoms with Crippen LogP contribution >= 0.6 is 0 Å². The van der Waals surface area contributed by atoms with Crippen LogP contribution in [0.1, 0.15) is 71.6 Å². The molecule has 0 saturated carbocycles. The van der Waals surface area contributed by atoms with Crippen molar-refractivity contribution in [3.05, 3.63) is 209 Å². The van der Waals surface area contributed by atoms with E-state index in [1.54, 1.807) is 0 Å². The molecule has 1 nitrogen and oxygen atoms in total. The molecule has 0 N–H and O–H groups in total. The first kappa shape index (κ1) is 39.4. The molecule has 0 spiro atoms. The SMILES string of the molecule is CC1C=c2c(ccc3ccccc23)=C(c2cccc(N(c3ccccc3-c3cccc4cccc(-c5cc(C(C)(C)C)cc(C(C)(C)C)c5)c34)c3cccc4ccccc34)c2)C1. The summed E-state index contributed by atoms with van der Waals surface area (Å²) in [4.78, 5) is 2.51. The van der Waals surface area contributed by atoms with E-state index < -0.39 is 0 Å². The monoisotopic (exact) mass is 801 g/mol. The van der Waals surface area contributed by atoms with Gasteiger partial charge in [-0.1, -0.05) is 212 Å². The van der Waals surface area contributed by atoms with Crippen LogP contribution in [0.4, 0.5) is 17.1 Å². The van der Waals surface area contributed by atoms with E-state index in [0.717, 1.165) is 23.5 Å². The highest BCUT2D eigenvalue weighted by molar-refractivity contribution is 6.10. The fraction of sp³-hybridized carbons (Fsp3) is 0.180. The number of benzene rings is 9. The molecule has 9 aromatic rings. The van der Waals surface area contributed by atoms with Gasteiger partial charge in [0.05, 0.1) is 11.4 Å². The highest BCUT2D eigenvalue weighted by Gasteiger charge is 2.25. The summed E-state index contributed by atoms with van der Waals surface area (Å²) in [7, 11) is 0. The summed E-state index contributed by atoms with van der Waals surface area (Å²) in [5, 5.41) is 10.2. The quantitative estimate of drug-likeness (QED) is 0.162. The van der Waals surface area contributed by atoms with Crippen LogP contribution in [-0.4, -0.2) is 0 Å². The van der Waals surface area contributed by atoms with Gasteiger partial charge < -0.3 is 4.90 Å². The van der Waals surface area contributed by atoms with Gasteiger partial charge in [-0.25, -0.2) is 0 Å². The van der Waals surface area contributed by atoms with Crippen LogP contribution in [0.5, 0.6) is 0 Å². The first-order chi connectivity index (χ1) is 29.9. The van der Waals surface area contributed by atoms with Crippen molar-refractivity contribution >= 4 is 61.0 Å². The van der Waals surface area contributed by atoms with Gasteiger partial charge in [-0.15, -0.1) is 0 Å². The van der Waals surface area contributed by atoms with Gasteiger partial charge in [0.2, 0.25) is 0 Å². The van der Waals surface area contributed by atoms with E-state index in [0.29, 0.717) is 5.92 Å². The van der Waals surface area contributed by atoms with Crippen molar-refractivity contribution in [3.8, 4) is 22.3 Å². The fourth-order valence-electron chi connectivity index (χ4n) is 9.78. The number of para-hydroxylation sites is 1. The predicted octanol–water partition coefficient (Wildman–Crippen LogP) is 15.6. The van der Waals surface area contributed by atoms with E-state index in [1.807, 2.05) is 0 Å². The molecule has 0 fully saturated rings. The Morgan fingerprint density at radius 2 is 1.02 bits per heavy atom. The largest absolute Gasteiger partial charge is 0.309 e. The zero-order chi connectivity index (χ0) is 42.8. The van der Waals surface area contributed by atoms with E-state index in [1.165, 1.54) is 87.3 Å². The minimum Gasteiger partial charge on any atom is -0.309 e. The number of nitrogens with zero attached hydrogens (tertiary/aromatic N) is 1. The lowest BCUT2D eigenvalue weighted by molar-refractivity contribution is 0.569. The molecular formula is C61H55N. The maximum absolute atomic E-state index is 2.51. The van der Waals surface area contributed by atoms with Crippen LogP contribution in [0.3, 0.4) is 0 Å². The standard InChI is InChI=1S/C61H55N/c1-40-34-55(52-33-32-42-19-8-10-25-49(42)56(52)35-40)44-23-14-24-48(38-44)62(57-31-17-20-41-18-9-11-26-50(41)57)58-30-13-12-27-53(58)54-29-16-22-43-21-15-28-51(59(43)54)45-36-46(60(2,3)4)39-47(37-45)61(5,6)7/h8-33,35-40H,34H2,1-7H3. The minimum atomic E-state index is 0.00555. The lowest BCUT2D eigenvalue weighted by atomic mass is 9.78. The Morgan fingerprint density at radius 3 is 1.76 bits per heavy atom. The van der Waals surface area contributed by atoms with Gasteiger partial charge in [0, 0.05) is 16.6 Å². The number of rotatable bonds is 6. The van der Waals surface area contributed by atoms with Gasteiger partial charge in [0.15, 0.2) is 0 Å². The highest BCUT2D eigenvalue weighted by atomic mass is 15.1. The van der Waals surface area contributed by atoms with Crippen molar-refractivity contribution in [1.29, 1.82) is 0 Å². The topological polar surface area (TPSA) is 3.24 Å². The summed E-state index contributed by atoms with van der Waals surface area (Å²) in [6.45, 7) is 16.3. The molecule has 0 saturated heterocycles. The van der Waals surface area contributed by atoms with Gasteiger partial charge in [0.1, 0.15) is 0 Å². The van der Waals surface area contributed by atoms with Crippen molar-refractivity contribution < 1.29 is 0 Å². The van der Waals surface area contributed by atoms with Gasteiger partial charge in [0.25, 0.3) is 0 Å². The molecule has 9 aromatic carbocycles. The van der Waals surface area contributed by atoms with Crippen molar-refractivity contribution in [2.45, 2.75) is 65.7 Å². The second-order valence-electron chi connectivity index (χ2n) is 19.5. The molecule has 0 amide bonds. The Morgan fingerprint density at radius 1 is 0.452 bits per heavy atom. The van der Waals surface area contributed by atoms with E-state index in [-0.39, 0.29) is 10.8 Å². The maximum Gasteiger partial charge on any atom is 0.0540 e. The Hall–Kier alpha value is -6.70. The maximum atomic E-state index is 2.51. The molecule has 10 rings (SSSR count). The van der Waals surface area contributed by atoms with E-state index >= 15 is 0 Å². The van der Waals surface area contributed by atoms with Gasteiger partial charge in [-0.2, -0.15) is 0 Å². The lowest BCUT2D eigenvalue weighted by Crippen LogP contribution is -2.32. The summed E-state index contributed by atoms with van der Waals surface area (Å²) in [6.07, 6.45) is 3.47. The Bertz CT molecular complexity index is 3270. The van der Waals surface area contributed by atoms with Crippen molar-refractivity contribution in [2.75, 3.05) is 4.90 Å². The third-order valence-electron chi connectivity index (χ3n) is 13.0. The summed E-state index contributed by atoms with van der Waals surface area (Å²) in [5.74, 6) is 0.422. The Labute approximate surface area is 367 Å². The van der Waals surface area contributed by atoms with Crippen molar-refractivity contribution in [3.63, 3.8) is 0 Å². The van der Waals surface area contributed by atoms with Crippen LogP contribution < -0.4 is 15.3 Å². The summed E-state index contributed by atoms with van der Waals surface area (Å²) in [5.41, 5.74) is 13.8. The molecule has 1 aliphatic rings. The smallest absolute Gasteiger partial charge is 0.0540 e. The number of fused-ring (bicyclic) bond motifs is 5. The van der Waals surface area contributed by atoms with Crippen LogP contribution in [0.2, 0.25) is 0 Å². The Balaban J connectivity index is 1.23. The normalized spacial score (nSPS) is 14.2. The van der Waals surface area contributed by atoms with Crippen LogP contribution in [-0.2, 0) is 10.8 Å². The third-order valence-corrected chi connectivity index (χ3v) is 13.0. The first-order valence-corrected chi connectivity index (χ1v) is 22.3. The summed E-state index contributed by atoms with van der Waals surface area (Å²) >= 11 is 0. The first-order valence-electron chi connectivity index (χ1n) is 22.3. The minimum absolute atomic E-state index is 0.00555. The zero-order valence-electron chi connectivity index (χ0n) is 37.1.